The second kappa shape index (κ2) is 8.42. The zero-order valence-electron chi connectivity index (χ0n) is 15.0. The van der Waals surface area contributed by atoms with Crippen LogP contribution in [0.4, 0.5) is 4.39 Å². The van der Waals surface area contributed by atoms with Crippen LogP contribution in [0.1, 0.15) is 35.3 Å². The summed E-state index contributed by atoms with van der Waals surface area (Å²) in [5.74, 6) is -1.72. The first kappa shape index (κ1) is 20.1. The molecular weight excluding hydrogens is 357 g/mol. The molecule has 140 valence electrons. The zero-order chi connectivity index (χ0) is 19.3. The summed E-state index contributed by atoms with van der Waals surface area (Å²) in [6.07, 6.45) is 0. The third-order valence-electron chi connectivity index (χ3n) is 3.95. The van der Waals surface area contributed by atoms with E-state index >= 15 is 0 Å². The van der Waals surface area contributed by atoms with Crippen LogP contribution in [0.2, 0.25) is 0 Å². The van der Waals surface area contributed by atoms with Crippen molar-refractivity contribution in [2.45, 2.75) is 32.3 Å². The molecule has 2 rings (SSSR count). The Morgan fingerprint density at radius 3 is 2.42 bits per heavy atom. The largest absolute Gasteiger partial charge is 0.457 e. The van der Waals surface area contributed by atoms with E-state index in [1.807, 2.05) is 25.1 Å². The molecule has 0 aliphatic carbocycles. The molecule has 0 spiro atoms. The molecule has 2 aromatic carbocycles. The van der Waals surface area contributed by atoms with Gasteiger partial charge in [-0.15, -0.1) is 0 Å². The van der Waals surface area contributed by atoms with Crippen molar-refractivity contribution in [3.05, 3.63) is 65.0 Å². The Kier molecular flexibility index (Phi) is 6.50. The summed E-state index contributed by atoms with van der Waals surface area (Å²) in [5.41, 5.74) is 1.38. The summed E-state index contributed by atoms with van der Waals surface area (Å²) < 4.78 is 45.5. The third kappa shape index (κ3) is 4.47. The van der Waals surface area contributed by atoms with Crippen LogP contribution in [0.25, 0.3) is 0 Å². The molecule has 0 atom stereocenters. The molecule has 0 radical (unpaired) electrons. The lowest BCUT2D eigenvalue weighted by Crippen LogP contribution is -2.30. The van der Waals surface area contributed by atoms with Crippen LogP contribution in [0.3, 0.4) is 0 Å². The van der Waals surface area contributed by atoms with Crippen molar-refractivity contribution in [3.8, 4) is 0 Å². The molecule has 0 saturated heterocycles. The van der Waals surface area contributed by atoms with Gasteiger partial charge in [-0.2, -0.15) is 4.31 Å². The lowest BCUT2D eigenvalue weighted by atomic mass is 10.1. The van der Waals surface area contributed by atoms with Gasteiger partial charge in [-0.25, -0.2) is 17.6 Å². The van der Waals surface area contributed by atoms with E-state index in [0.29, 0.717) is 0 Å². The fraction of sp³-hybridized carbons (Fsp3) is 0.316. The first-order chi connectivity index (χ1) is 12.3. The summed E-state index contributed by atoms with van der Waals surface area (Å²) in [6, 6.07) is 10.5. The second-order valence-corrected chi connectivity index (χ2v) is 7.73. The maximum Gasteiger partial charge on any atom is 0.341 e. The van der Waals surface area contributed by atoms with Crippen LogP contribution >= 0.6 is 0 Å². The lowest BCUT2D eigenvalue weighted by Gasteiger charge is -2.18. The summed E-state index contributed by atoms with van der Waals surface area (Å²) in [6.45, 7) is 5.87. The summed E-state index contributed by atoms with van der Waals surface area (Å²) >= 11 is 0. The van der Waals surface area contributed by atoms with Crippen LogP contribution in [0.5, 0.6) is 0 Å². The second-order valence-electron chi connectivity index (χ2n) is 5.80. The van der Waals surface area contributed by atoms with Crippen LogP contribution < -0.4 is 0 Å². The number of carbonyl (C=O) groups is 1. The van der Waals surface area contributed by atoms with E-state index in [4.69, 9.17) is 4.74 Å². The van der Waals surface area contributed by atoms with Gasteiger partial charge in [0.1, 0.15) is 12.4 Å². The van der Waals surface area contributed by atoms with Crippen molar-refractivity contribution >= 4 is 16.0 Å². The molecule has 0 bridgehead atoms. The van der Waals surface area contributed by atoms with Gasteiger partial charge >= 0.3 is 5.97 Å². The Hall–Kier alpha value is -2.25. The topological polar surface area (TPSA) is 63.7 Å². The van der Waals surface area contributed by atoms with Crippen molar-refractivity contribution in [2.24, 2.45) is 0 Å². The number of carbonyl (C=O) groups excluding carboxylic acids is 1. The van der Waals surface area contributed by atoms with Crippen molar-refractivity contribution in [1.82, 2.24) is 4.31 Å². The van der Waals surface area contributed by atoms with E-state index in [-0.39, 0.29) is 24.6 Å². The number of sulfonamides is 1. The molecule has 0 unspecified atom stereocenters. The van der Waals surface area contributed by atoms with E-state index in [9.17, 15) is 17.6 Å². The van der Waals surface area contributed by atoms with Gasteiger partial charge in [0.25, 0.3) is 0 Å². The van der Waals surface area contributed by atoms with Gasteiger partial charge in [0.15, 0.2) is 0 Å². The first-order valence-corrected chi connectivity index (χ1v) is 9.76. The molecule has 7 heteroatoms. The molecule has 0 heterocycles. The Balaban J connectivity index is 2.25. The van der Waals surface area contributed by atoms with Crippen molar-refractivity contribution < 1.29 is 22.3 Å². The van der Waals surface area contributed by atoms with Crippen molar-refractivity contribution in [3.63, 3.8) is 0 Å². The van der Waals surface area contributed by atoms with Gasteiger partial charge in [-0.3, -0.25) is 0 Å². The predicted molar refractivity (Wildman–Crippen MR) is 96.8 cm³/mol. The SMILES string of the molecule is CCN(CC)S(=O)(=O)c1ccc(F)c(C(=O)OCc2cccc(C)c2)c1. The number of hydrogen-bond donors (Lipinski definition) is 0. The number of ether oxygens (including phenoxy) is 1. The normalized spacial score (nSPS) is 11.6. The highest BCUT2D eigenvalue weighted by Gasteiger charge is 2.24. The maximum absolute atomic E-state index is 14.1. The monoisotopic (exact) mass is 379 g/mol. The first-order valence-electron chi connectivity index (χ1n) is 8.32. The number of nitrogens with zero attached hydrogens (tertiary/aromatic N) is 1. The van der Waals surface area contributed by atoms with Gasteiger partial charge in [-0.05, 0) is 30.7 Å². The Morgan fingerprint density at radius 2 is 1.81 bits per heavy atom. The fourth-order valence-corrected chi connectivity index (χ4v) is 4.05. The van der Waals surface area contributed by atoms with Gasteiger partial charge in [0.2, 0.25) is 10.0 Å². The minimum absolute atomic E-state index is 0.0209. The average Bonchev–Trinajstić information content (AvgIpc) is 2.60. The standard InChI is InChI=1S/C19H22FNO4S/c1-4-21(5-2)26(23,24)16-9-10-18(20)17(12-16)19(22)25-13-15-8-6-7-14(3)11-15/h6-12H,4-5,13H2,1-3H3. The quantitative estimate of drug-likeness (QED) is 0.691. The van der Waals surface area contributed by atoms with Crippen LogP contribution in [0.15, 0.2) is 47.4 Å². The minimum atomic E-state index is -3.79. The molecule has 2 aromatic rings. The minimum Gasteiger partial charge on any atom is -0.457 e. The third-order valence-corrected chi connectivity index (χ3v) is 6.00. The molecule has 0 fully saturated rings. The van der Waals surface area contributed by atoms with E-state index in [1.54, 1.807) is 19.9 Å². The smallest absolute Gasteiger partial charge is 0.341 e. The van der Waals surface area contributed by atoms with E-state index in [0.717, 1.165) is 29.3 Å². The summed E-state index contributed by atoms with van der Waals surface area (Å²) in [4.78, 5) is 12.1. The van der Waals surface area contributed by atoms with Gasteiger partial charge in [-0.1, -0.05) is 43.7 Å². The lowest BCUT2D eigenvalue weighted by molar-refractivity contribution is 0.0467. The number of esters is 1. The molecule has 5 nitrogen and oxygen atoms in total. The molecule has 0 saturated carbocycles. The number of rotatable bonds is 7. The fourth-order valence-electron chi connectivity index (χ4n) is 2.56. The van der Waals surface area contributed by atoms with E-state index in [1.165, 1.54) is 4.31 Å². The van der Waals surface area contributed by atoms with Crippen molar-refractivity contribution in [1.29, 1.82) is 0 Å². The average molecular weight is 379 g/mol. The van der Waals surface area contributed by atoms with Crippen LogP contribution in [0, 0.1) is 12.7 Å². The highest BCUT2D eigenvalue weighted by Crippen LogP contribution is 2.20. The van der Waals surface area contributed by atoms with Crippen LogP contribution in [-0.4, -0.2) is 31.8 Å². The molecule has 0 amide bonds. The number of benzene rings is 2. The maximum atomic E-state index is 14.1. The van der Waals surface area contributed by atoms with Crippen molar-refractivity contribution in [2.75, 3.05) is 13.1 Å². The Morgan fingerprint density at radius 1 is 1.12 bits per heavy atom. The summed E-state index contributed by atoms with van der Waals surface area (Å²) in [7, 11) is -3.79. The highest BCUT2D eigenvalue weighted by atomic mass is 32.2. The summed E-state index contributed by atoms with van der Waals surface area (Å²) in [5, 5.41) is 0. The molecule has 0 aliphatic rings. The van der Waals surface area contributed by atoms with Crippen LogP contribution in [-0.2, 0) is 21.4 Å². The van der Waals surface area contributed by atoms with Gasteiger partial charge < -0.3 is 4.74 Å². The molecule has 0 aromatic heterocycles. The molecule has 26 heavy (non-hydrogen) atoms. The van der Waals surface area contributed by atoms with E-state index < -0.39 is 27.4 Å². The highest BCUT2D eigenvalue weighted by molar-refractivity contribution is 7.89. The predicted octanol–water partition coefficient (Wildman–Crippen LogP) is 3.52. The Labute approximate surface area is 153 Å². The molecule has 0 N–H and O–H groups in total. The number of halogens is 1. The van der Waals surface area contributed by atoms with Gasteiger partial charge in [0.05, 0.1) is 10.5 Å². The van der Waals surface area contributed by atoms with Gasteiger partial charge in [0, 0.05) is 13.1 Å². The zero-order valence-corrected chi connectivity index (χ0v) is 15.8. The number of hydrogen-bond acceptors (Lipinski definition) is 4. The Bertz CT molecular complexity index is 892. The molecular formula is C19H22FNO4S. The number of aryl methyl sites for hydroxylation is 1. The molecule has 0 aliphatic heterocycles. The van der Waals surface area contributed by atoms with E-state index in [2.05, 4.69) is 0 Å².